The normalized spacial score (nSPS) is 13.7. The zero-order valence-electron chi connectivity index (χ0n) is 13.1. The van der Waals surface area contributed by atoms with Gasteiger partial charge < -0.3 is 5.32 Å². The van der Waals surface area contributed by atoms with E-state index >= 15 is 0 Å². The summed E-state index contributed by atoms with van der Waals surface area (Å²) in [5.74, 6) is -0.416. The Morgan fingerprint density at radius 2 is 2.08 bits per heavy atom. The summed E-state index contributed by atoms with van der Waals surface area (Å²) in [7, 11) is 0. The summed E-state index contributed by atoms with van der Waals surface area (Å²) in [4.78, 5) is 13.9. The van der Waals surface area contributed by atoms with Crippen LogP contribution in [-0.4, -0.2) is 11.7 Å². The molecule has 0 radical (unpaired) electrons. The molecule has 2 aromatic rings. The highest BCUT2D eigenvalue weighted by Gasteiger charge is 2.21. The molecule has 0 fully saturated rings. The maximum atomic E-state index is 13.6. The number of benzene rings is 1. The van der Waals surface area contributed by atoms with Gasteiger partial charge in [0.2, 0.25) is 5.91 Å². The summed E-state index contributed by atoms with van der Waals surface area (Å²) in [6, 6.07) is 8.65. The maximum absolute atomic E-state index is 13.6. The Morgan fingerprint density at radius 1 is 1.29 bits per heavy atom. The number of hydrogen-bond donors (Lipinski definition) is 1. The van der Waals surface area contributed by atoms with Crippen LogP contribution in [0.2, 0.25) is 0 Å². The molecule has 6 heteroatoms. The summed E-state index contributed by atoms with van der Waals surface area (Å²) >= 11 is 2.68. The van der Waals surface area contributed by atoms with Gasteiger partial charge in [-0.05, 0) is 43.4 Å². The van der Waals surface area contributed by atoms with E-state index in [2.05, 4.69) is 11.4 Å². The molecule has 0 aliphatic heterocycles. The van der Waals surface area contributed by atoms with Crippen molar-refractivity contribution in [3.05, 3.63) is 46.1 Å². The van der Waals surface area contributed by atoms with E-state index in [0.717, 1.165) is 43.0 Å². The van der Waals surface area contributed by atoms with Crippen LogP contribution < -0.4 is 5.32 Å². The molecule has 0 saturated carbocycles. The number of thiophene rings is 1. The van der Waals surface area contributed by atoms with Gasteiger partial charge in [-0.3, -0.25) is 4.79 Å². The topological polar surface area (TPSA) is 52.9 Å². The SMILES string of the molecule is N#Cc1c(NC(=O)CSc2ccccc2F)sc2c1CCCCC2. The molecule has 0 bridgehead atoms. The molecule has 124 valence electrons. The van der Waals surface area contributed by atoms with Crippen molar-refractivity contribution in [3.63, 3.8) is 0 Å². The number of nitriles is 1. The van der Waals surface area contributed by atoms with Crippen molar-refractivity contribution in [2.45, 2.75) is 37.0 Å². The number of rotatable bonds is 4. The van der Waals surface area contributed by atoms with Crippen molar-refractivity contribution in [2.75, 3.05) is 11.1 Å². The first-order valence-electron chi connectivity index (χ1n) is 7.91. The molecule has 24 heavy (non-hydrogen) atoms. The first-order valence-corrected chi connectivity index (χ1v) is 9.71. The first-order chi connectivity index (χ1) is 11.7. The van der Waals surface area contributed by atoms with Crippen LogP contribution in [0.1, 0.15) is 35.3 Å². The van der Waals surface area contributed by atoms with Gasteiger partial charge in [0.1, 0.15) is 16.9 Å². The minimum atomic E-state index is -0.323. The Labute approximate surface area is 148 Å². The summed E-state index contributed by atoms with van der Waals surface area (Å²) in [6.45, 7) is 0. The number of nitrogens with zero attached hydrogens (tertiary/aromatic N) is 1. The fourth-order valence-corrected chi connectivity index (χ4v) is 4.81. The lowest BCUT2D eigenvalue weighted by atomic mass is 10.1. The van der Waals surface area contributed by atoms with E-state index in [9.17, 15) is 14.4 Å². The van der Waals surface area contributed by atoms with E-state index in [0.29, 0.717) is 15.5 Å². The smallest absolute Gasteiger partial charge is 0.235 e. The number of hydrogen-bond acceptors (Lipinski definition) is 4. The van der Waals surface area contributed by atoms with E-state index in [1.807, 2.05) is 0 Å². The third kappa shape index (κ3) is 3.80. The Hall–Kier alpha value is -1.84. The average Bonchev–Trinajstić information content (AvgIpc) is 2.74. The lowest BCUT2D eigenvalue weighted by Gasteiger charge is -2.05. The van der Waals surface area contributed by atoms with Gasteiger partial charge in [0.25, 0.3) is 0 Å². The Morgan fingerprint density at radius 3 is 2.88 bits per heavy atom. The monoisotopic (exact) mass is 360 g/mol. The number of nitrogens with one attached hydrogen (secondary N) is 1. The van der Waals surface area contributed by atoms with Crippen LogP contribution in [0.25, 0.3) is 0 Å². The summed E-state index contributed by atoms with van der Waals surface area (Å²) in [5.41, 5.74) is 1.72. The van der Waals surface area contributed by atoms with Gasteiger partial charge >= 0.3 is 0 Å². The van der Waals surface area contributed by atoms with Crippen LogP contribution >= 0.6 is 23.1 Å². The van der Waals surface area contributed by atoms with E-state index in [1.54, 1.807) is 18.2 Å². The third-order valence-corrected chi connectivity index (χ3v) is 6.24. The number of fused-ring (bicyclic) bond motifs is 1. The van der Waals surface area contributed by atoms with Crippen molar-refractivity contribution in [1.82, 2.24) is 0 Å². The second-order valence-corrected chi connectivity index (χ2v) is 7.77. The fraction of sp³-hybridized carbons (Fsp3) is 0.333. The number of thioether (sulfide) groups is 1. The minimum Gasteiger partial charge on any atom is -0.316 e. The molecule has 0 saturated heterocycles. The zero-order chi connectivity index (χ0) is 16.9. The number of carbonyl (C=O) groups is 1. The molecule has 3 rings (SSSR count). The molecule has 1 aliphatic rings. The predicted octanol–water partition coefficient (Wildman–Crippen LogP) is 4.76. The highest BCUT2D eigenvalue weighted by Crippen LogP contribution is 2.37. The van der Waals surface area contributed by atoms with Gasteiger partial charge in [0.15, 0.2) is 0 Å². The first kappa shape index (κ1) is 17.0. The standard InChI is InChI=1S/C18H17FN2OS2/c19-14-7-4-5-9-16(14)23-11-17(22)21-18-13(10-20)12-6-2-1-3-8-15(12)24-18/h4-5,7,9H,1-3,6,8,11H2,(H,21,22). The van der Waals surface area contributed by atoms with Gasteiger partial charge in [-0.2, -0.15) is 5.26 Å². The maximum Gasteiger partial charge on any atom is 0.235 e. The van der Waals surface area contributed by atoms with Crippen LogP contribution in [0.4, 0.5) is 9.39 Å². The molecule has 1 aromatic carbocycles. The molecule has 0 atom stereocenters. The number of halogens is 1. The third-order valence-electron chi connectivity index (χ3n) is 3.98. The second-order valence-electron chi connectivity index (χ2n) is 5.65. The second kappa shape index (κ2) is 7.82. The molecular weight excluding hydrogens is 343 g/mol. The van der Waals surface area contributed by atoms with Gasteiger partial charge in [-0.25, -0.2) is 4.39 Å². The number of amides is 1. The quantitative estimate of drug-likeness (QED) is 0.632. The molecule has 1 heterocycles. The fourth-order valence-electron chi connectivity index (χ4n) is 2.82. The molecule has 0 unspecified atom stereocenters. The highest BCUT2D eigenvalue weighted by molar-refractivity contribution is 8.00. The van der Waals surface area contributed by atoms with E-state index in [-0.39, 0.29) is 17.5 Å². The lowest BCUT2D eigenvalue weighted by molar-refractivity contribution is -0.113. The Bertz CT molecular complexity index is 795. The van der Waals surface area contributed by atoms with E-state index < -0.39 is 0 Å². The van der Waals surface area contributed by atoms with Gasteiger partial charge in [-0.15, -0.1) is 23.1 Å². The Balaban J connectivity index is 1.69. The van der Waals surface area contributed by atoms with Crippen molar-refractivity contribution in [3.8, 4) is 6.07 Å². The van der Waals surface area contributed by atoms with Crippen LogP contribution in [0.5, 0.6) is 0 Å². The van der Waals surface area contributed by atoms with E-state index in [4.69, 9.17) is 0 Å². The van der Waals surface area contributed by atoms with Crippen LogP contribution in [0, 0.1) is 17.1 Å². The largest absolute Gasteiger partial charge is 0.316 e. The molecular formula is C18H17FN2OS2. The van der Waals surface area contributed by atoms with Gasteiger partial charge in [0, 0.05) is 9.77 Å². The van der Waals surface area contributed by atoms with E-state index in [1.165, 1.54) is 28.7 Å². The van der Waals surface area contributed by atoms with Gasteiger partial charge in [0.05, 0.1) is 11.3 Å². The number of anilines is 1. The average molecular weight is 360 g/mol. The lowest BCUT2D eigenvalue weighted by Crippen LogP contribution is -2.14. The van der Waals surface area contributed by atoms with Crippen LogP contribution in [-0.2, 0) is 17.6 Å². The highest BCUT2D eigenvalue weighted by atomic mass is 32.2. The molecule has 1 aliphatic carbocycles. The molecule has 1 amide bonds. The van der Waals surface area contributed by atoms with Crippen molar-refractivity contribution in [1.29, 1.82) is 5.26 Å². The Kier molecular flexibility index (Phi) is 5.54. The number of carbonyl (C=O) groups excluding carboxylic acids is 1. The van der Waals surface area contributed by atoms with Crippen LogP contribution in [0.15, 0.2) is 29.2 Å². The summed E-state index contributed by atoms with van der Waals surface area (Å²) < 4.78 is 13.6. The summed E-state index contributed by atoms with van der Waals surface area (Å²) in [6.07, 6.45) is 5.31. The molecule has 3 nitrogen and oxygen atoms in total. The zero-order valence-corrected chi connectivity index (χ0v) is 14.7. The van der Waals surface area contributed by atoms with Crippen molar-refractivity contribution < 1.29 is 9.18 Å². The van der Waals surface area contributed by atoms with Crippen molar-refractivity contribution in [2.24, 2.45) is 0 Å². The predicted molar refractivity (Wildman–Crippen MR) is 96.0 cm³/mol. The molecule has 1 aromatic heterocycles. The van der Waals surface area contributed by atoms with Gasteiger partial charge in [-0.1, -0.05) is 18.6 Å². The summed E-state index contributed by atoms with van der Waals surface area (Å²) in [5, 5.41) is 12.9. The minimum absolute atomic E-state index is 0.119. The van der Waals surface area contributed by atoms with Crippen LogP contribution in [0.3, 0.4) is 0 Å². The van der Waals surface area contributed by atoms with Crippen molar-refractivity contribution >= 4 is 34.0 Å². The number of aryl methyl sites for hydroxylation is 1. The molecule has 1 N–H and O–H groups in total. The molecule has 0 spiro atoms.